The van der Waals surface area contributed by atoms with E-state index in [1.54, 1.807) is 0 Å². The predicted molar refractivity (Wildman–Crippen MR) is 72.1 cm³/mol. The summed E-state index contributed by atoms with van der Waals surface area (Å²) in [5.74, 6) is -0.270. The van der Waals surface area contributed by atoms with Gasteiger partial charge in [-0.15, -0.1) is 0 Å². The zero-order chi connectivity index (χ0) is 13.8. The van der Waals surface area contributed by atoms with Crippen molar-refractivity contribution in [2.75, 3.05) is 6.61 Å². The molecule has 0 aromatic carbocycles. The Hall–Kier alpha value is -2.04. The quantitative estimate of drug-likeness (QED) is 0.775. The van der Waals surface area contributed by atoms with Crippen molar-refractivity contribution in [1.82, 2.24) is 14.3 Å². The Bertz CT molecular complexity index is 569. The molecule has 2 aromatic heterocycles. The van der Waals surface area contributed by atoms with Crippen molar-refractivity contribution in [1.29, 1.82) is 0 Å². The van der Waals surface area contributed by atoms with Gasteiger partial charge < -0.3 is 9.30 Å². The lowest BCUT2D eigenvalue weighted by atomic mass is 10.2. The second kappa shape index (κ2) is 5.73. The lowest BCUT2D eigenvalue weighted by Gasteiger charge is -2.08. The van der Waals surface area contributed by atoms with Gasteiger partial charge in [-0.05, 0) is 32.4 Å². The summed E-state index contributed by atoms with van der Waals surface area (Å²) in [4.78, 5) is 11.9. The van der Waals surface area contributed by atoms with E-state index in [4.69, 9.17) is 4.74 Å². The molecule has 0 aliphatic carbocycles. The molecule has 0 bridgehead atoms. The summed E-state index contributed by atoms with van der Waals surface area (Å²) < 4.78 is 8.87. The highest BCUT2D eigenvalue weighted by molar-refractivity contribution is 5.89. The van der Waals surface area contributed by atoms with E-state index in [2.05, 4.69) is 5.10 Å². The largest absolute Gasteiger partial charge is 0.461 e. The van der Waals surface area contributed by atoms with Gasteiger partial charge in [0.1, 0.15) is 5.69 Å². The molecule has 0 N–H and O–H groups in total. The Balaban J connectivity index is 2.23. The molecule has 0 saturated heterocycles. The summed E-state index contributed by atoms with van der Waals surface area (Å²) in [5, 5.41) is 4.24. The summed E-state index contributed by atoms with van der Waals surface area (Å²) in [6, 6.07) is 1.93. The highest BCUT2D eigenvalue weighted by Crippen LogP contribution is 2.14. The Morgan fingerprint density at radius 1 is 1.42 bits per heavy atom. The number of hydrogen-bond donors (Lipinski definition) is 0. The molecular weight excluding hydrogens is 242 g/mol. The number of nitrogens with zero attached hydrogens (tertiary/aromatic N) is 3. The molecular formula is C14H19N3O2. The topological polar surface area (TPSA) is 49.1 Å². The standard InChI is InChI=1S/C14H19N3O2/c1-4-17-10-12(8-15-17)9-16-7-6-11(3)13(16)14(18)19-5-2/h6-8,10H,4-5,9H2,1-3H3. The van der Waals surface area contributed by atoms with Crippen LogP contribution in [0.5, 0.6) is 0 Å². The molecule has 2 aromatic rings. The zero-order valence-corrected chi connectivity index (χ0v) is 11.6. The number of hydrogen-bond acceptors (Lipinski definition) is 3. The number of rotatable bonds is 5. The Morgan fingerprint density at radius 3 is 2.84 bits per heavy atom. The molecule has 0 radical (unpaired) electrons. The molecule has 5 nitrogen and oxygen atoms in total. The minimum Gasteiger partial charge on any atom is -0.461 e. The van der Waals surface area contributed by atoms with Crippen molar-refractivity contribution in [2.24, 2.45) is 0 Å². The molecule has 0 aliphatic heterocycles. The third-order valence-corrected chi connectivity index (χ3v) is 3.00. The normalized spacial score (nSPS) is 10.7. The maximum Gasteiger partial charge on any atom is 0.355 e. The van der Waals surface area contributed by atoms with Gasteiger partial charge in [-0.3, -0.25) is 4.68 Å². The highest BCUT2D eigenvalue weighted by atomic mass is 16.5. The van der Waals surface area contributed by atoms with Gasteiger partial charge in [0, 0.05) is 24.5 Å². The molecule has 2 rings (SSSR count). The van der Waals surface area contributed by atoms with Gasteiger partial charge in [0.05, 0.1) is 19.3 Å². The van der Waals surface area contributed by atoms with Crippen LogP contribution in [0.4, 0.5) is 0 Å². The molecule has 0 aliphatic rings. The van der Waals surface area contributed by atoms with E-state index in [1.807, 2.05) is 54.7 Å². The highest BCUT2D eigenvalue weighted by Gasteiger charge is 2.16. The smallest absolute Gasteiger partial charge is 0.355 e. The van der Waals surface area contributed by atoms with E-state index >= 15 is 0 Å². The van der Waals surface area contributed by atoms with Crippen LogP contribution in [0.3, 0.4) is 0 Å². The van der Waals surface area contributed by atoms with Crippen LogP contribution in [0.15, 0.2) is 24.7 Å². The van der Waals surface area contributed by atoms with Crippen LogP contribution in [0.25, 0.3) is 0 Å². The zero-order valence-electron chi connectivity index (χ0n) is 11.6. The monoisotopic (exact) mass is 261 g/mol. The summed E-state index contributed by atoms with van der Waals surface area (Å²) in [5.41, 5.74) is 2.62. The molecule has 0 fully saturated rings. The molecule has 0 amide bonds. The summed E-state index contributed by atoms with van der Waals surface area (Å²) >= 11 is 0. The SMILES string of the molecule is CCOC(=O)c1c(C)ccn1Cc1cnn(CC)c1. The molecule has 102 valence electrons. The fourth-order valence-electron chi connectivity index (χ4n) is 2.05. The predicted octanol–water partition coefficient (Wildman–Crippen LogP) is 2.24. The first-order valence-corrected chi connectivity index (χ1v) is 6.49. The molecule has 2 heterocycles. The van der Waals surface area contributed by atoms with E-state index in [0.717, 1.165) is 17.7 Å². The first-order valence-electron chi connectivity index (χ1n) is 6.49. The fourth-order valence-corrected chi connectivity index (χ4v) is 2.05. The van der Waals surface area contributed by atoms with E-state index < -0.39 is 0 Å². The van der Waals surface area contributed by atoms with Crippen molar-refractivity contribution in [2.45, 2.75) is 33.9 Å². The summed E-state index contributed by atoms with van der Waals surface area (Å²) in [6.45, 7) is 7.62. The minimum atomic E-state index is -0.270. The van der Waals surface area contributed by atoms with Crippen molar-refractivity contribution in [3.05, 3.63) is 41.5 Å². The maximum atomic E-state index is 11.9. The van der Waals surface area contributed by atoms with Crippen molar-refractivity contribution >= 4 is 5.97 Å². The van der Waals surface area contributed by atoms with Crippen molar-refractivity contribution in [3.63, 3.8) is 0 Å². The lowest BCUT2D eigenvalue weighted by molar-refractivity contribution is 0.0513. The molecule has 0 atom stereocenters. The number of ether oxygens (including phenoxy) is 1. The third kappa shape index (κ3) is 2.86. The van der Waals surface area contributed by atoms with Gasteiger partial charge >= 0.3 is 5.97 Å². The average Bonchev–Trinajstić information content (AvgIpc) is 2.97. The fraction of sp³-hybridized carbons (Fsp3) is 0.429. The van der Waals surface area contributed by atoms with Crippen LogP contribution >= 0.6 is 0 Å². The van der Waals surface area contributed by atoms with Crippen LogP contribution in [-0.2, 0) is 17.8 Å². The van der Waals surface area contributed by atoms with E-state index in [9.17, 15) is 4.79 Å². The number of aromatic nitrogens is 3. The number of aryl methyl sites for hydroxylation is 2. The van der Waals surface area contributed by atoms with E-state index in [0.29, 0.717) is 18.8 Å². The molecule has 5 heteroatoms. The number of esters is 1. The van der Waals surface area contributed by atoms with Gasteiger partial charge in [0.25, 0.3) is 0 Å². The lowest BCUT2D eigenvalue weighted by Crippen LogP contribution is -2.13. The number of carbonyl (C=O) groups is 1. The van der Waals surface area contributed by atoms with Crippen LogP contribution < -0.4 is 0 Å². The Labute approximate surface area is 112 Å². The summed E-state index contributed by atoms with van der Waals surface area (Å²) in [6.07, 6.45) is 5.73. The third-order valence-electron chi connectivity index (χ3n) is 3.00. The van der Waals surface area contributed by atoms with E-state index in [-0.39, 0.29) is 5.97 Å². The molecule has 0 saturated carbocycles. The Kier molecular flexibility index (Phi) is 4.04. The van der Waals surface area contributed by atoms with Crippen LogP contribution in [-0.4, -0.2) is 26.9 Å². The van der Waals surface area contributed by atoms with Crippen LogP contribution in [0.1, 0.15) is 35.5 Å². The number of carbonyl (C=O) groups excluding carboxylic acids is 1. The van der Waals surface area contributed by atoms with Gasteiger partial charge in [0.2, 0.25) is 0 Å². The second-order valence-electron chi connectivity index (χ2n) is 4.40. The minimum absolute atomic E-state index is 0.270. The van der Waals surface area contributed by atoms with E-state index in [1.165, 1.54) is 0 Å². The van der Waals surface area contributed by atoms with Gasteiger partial charge in [-0.2, -0.15) is 5.10 Å². The van der Waals surface area contributed by atoms with Crippen molar-refractivity contribution < 1.29 is 9.53 Å². The van der Waals surface area contributed by atoms with Crippen molar-refractivity contribution in [3.8, 4) is 0 Å². The maximum absolute atomic E-state index is 11.9. The van der Waals surface area contributed by atoms with Gasteiger partial charge in [-0.1, -0.05) is 0 Å². The summed E-state index contributed by atoms with van der Waals surface area (Å²) in [7, 11) is 0. The Morgan fingerprint density at radius 2 is 2.21 bits per heavy atom. The average molecular weight is 261 g/mol. The first kappa shape index (κ1) is 13.4. The molecule has 0 unspecified atom stereocenters. The van der Waals surface area contributed by atoms with Crippen LogP contribution in [0.2, 0.25) is 0 Å². The second-order valence-corrected chi connectivity index (χ2v) is 4.40. The van der Waals surface area contributed by atoms with Crippen LogP contribution in [0, 0.1) is 6.92 Å². The molecule has 19 heavy (non-hydrogen) atoms. The van der Waals surface area contributed by atoms with Gasteiger partial charge in [0.15, 0.2) is 0 Å². The first-order chi connectivity index (χ1) is 9.15. The molecule has 0 spiro atoms. The van der Waals surface area contributed by atoms with Gasteiger partial charge in [-0.25, -0.2) is 4.79 Å².